The number of imidazole rings is 1. The molecule has 0 amide bonds. The summed E-state index contributed by atoms with van der Waals surface area (Å²) in [6, 6.07) is 61.5. The zero-order chi connectivity index (χ0) is 33.2. The van der Waals surface area contributed by atoms with Gasteiger partial charge in [-0.05, 0) is 64.6 Å². The zero-order valence-corrected chi connectivity index (χ0v) is 27.7. The number of rotatable bonds is 5. The van der Waals surface area contributed by atoms with Gasteiger partial charge in [-0.25, -0.2) is 9.97 Å². The lowest BCUT2D eigenvalue weighted by molar-refractivity contribution is 0.769. The second-order valence-corrected chi connectivity index (χ2v) is 13.2. The normalized spacial score (nSPS) is 13.1. The molecule has 0 atom stereocenters. The van der Waals surface area contributed by atoms with Gasteiger partial charge < -0.3 is 4.57 Å². The van der Waals surface area contributed by atoms with E-state index >= 15 is 0 Å². The molecule has 0 N–H and O–H groups in total. The number of nitrogens with zero attached hydrogens (tertiary/aromatic N) is 3. The van der Waals surface area contributed by atoms with Gasteiger partial charge in [-0.15, -0.1) is 0 Å². The summed E-state index contributed by atoms with van der Waals surface area (Å²) in [7, 11) is 0. The first-order valence-corrected chi connectivity index (χ1v) is 17.4. The van der Waals surface area contributed by atoms with Crippen molar-refractivity contribution >= 4 is 32.7 Å². The number of hydrogen-bond donors (Lipinski definition) is 0. The summed E-state index contributed by atoms with van der Waals surface area (Å²) in [4.78, 5) is 10.5. The summed E-state index contributed by atoms with van der Waals surface area (Å²) in [6.45, 7) is 3.02. The number of aromatic nitrogens is 3. The van der Waals surface area contributed by atoms with E-state index in [9.17, 15) is 0 Å². The number of aryl methyl sites for hydroxylation is 1. The molecule has 0 fully saturated rings. The van der Waals surface area contributed by atoms with Crippen molar-refractivity contribution in [1.82, 2.24) is 14.5 Å². The third-order valence-electron chi connectivity index (χ3n) is 10.6. The fraction of sp³-hybridized carbons (Fsp3) is 0.0638. The minimum atomic E-state index is -0.466. The van der Waals surface area contributed by atoms with E-state index in [0.717, 1.165) is 51.1 Å². The van der Waals surface area contributed by atoms with E-state index in [4.69, 9.17) is 9.97 Å². The van der Waals surface area contributed by atoms with Crippen LogP contribution < -0.4 is 0 Å². The molecular weight excluding hydrogens is 607 g/mol. The van der Waals surface area contributed by atoms with Crippen molar-refractivity contribution < 1.29 is 0 Å². The predicted molar refractivity (Wildman–Crippen MR) is 206 cm³/mol. The van der Waals surface area contributed by atoms with Gasteiger partial charge in [0.2, 0.25) is 0 Å². The molecular formula is C47H33N3. The zero-order valence-electron chi connectivity index (χ0n) is 27.7. The van der Waals surface area contributed by atoms with Crippen LogP contribution in [-0.4, -0.2) is 14.5 Å². The smallest absolute Gasteiger partial charge is 0.141 e. The van der Waals surface area contributed by atoms with Crippen LogP contribution in [0.15, 0.2) is 170 Å². The highest BCUT2D eigenvalue weighted by Gasteiger charge is 2.46. The lowest BCUT2D eigenvalue weighted by Gasteiger charge is -2.34. The van der Waals surface area contributed by atoms with Gasteiger partial charge in [0, 0.05) is 33.8 Å². The maximum atomic E-state index is 5.40. The summed E-state index contributed by atoms with van der Waals surface area (Å²) in [5.41, 5.74) is 13.5. The van der Waals surface area contributed by atoms with Gasteiger partial charge in [-0.1, -0.05) is 146 Å². The highest BCUT2D eigenvalue weighted by atomic mass is 15.1. The molecule has 2 aromatic heterocycles. The molecule has 0 unspecified atom stereocenters. The topological polar surface area (TPSA) is 30.7 Å². The molecule has 0 bridgehead atoms. The van der Waals surface area contributed by atoms with E-state index in [1.54, 1.807) is 0 Å². The fourth-order valence-electron chi connectivity index (χ4n) is 8.62. The molecule has 0 aliphatic heterocycles. The minimum absolute atomic E-state index is 0.466. The third-order valence-corrected chi connectivity index (χ3v) is 10.6. The van der Waals surface area contributed by atoms with E-state index in [0.29, 0.717) is 0 Å². The van der Waals surface area contributed by atoms with Crippen LogP contribution in [0.25, 0.3) is 66.5 Å². The summed E-state index contributed by atoms with van der Waals surface area (Å²) in [5, 5.41) is 3.56. The van der Waals surface area contributed by atoms with Crippen molar-refractivity contribution in [1.29, 1.82) is 0 Å². The summed E-state index contributed by atoms with van der Waals surface area (Å²) in [5.74, 6) is 0.978. The molecule has 2 heterocycles. The SMILES string of the molecule is CCn1c(-c2cccc(-c3nc4ccccc4c4c5c(ccc34)C(c3ccccc3)(c3ccccc3)c3ccccc3-5)c2)nc2ccccc21. The first kappa shape index (κ1) is 28.7. The Hall–Kier alpha value is -6.32. The Morgan fingerprint density at radius 3 is 1.96 bits per heavy atom. The van der Waals surface area contributed by atoms with Gasteiger partial charge >= 0.3 is 0 Å². The molecule has 1 aliphatic carbocycles. The maximum Gasteiger partial charge on any atom is 0.141 e. The number of para-hydroxylation sites is 3. The predicted octanol–water partition coefficient (Wildman–Crippen LogP) is 11.5. The quantitative estimate of drug-likeness (QED) is 0.175. The van der Waals surface area contributed by atoms with E-state index < -0.39 is 5.41 Å². The first-order chi connectivity index (χ1) is 24.8. The van der Waals surface area contributed by atoms with Crippen LogP contribution in [0.2, 0.25) is 0 Å². The third kappa shape index (κ3) is 3.98. The van der Waals surface area contributed by atoms with Crippen molar-refractivity contribution in [3.63, 3.8) is 0 Å². The van der Waals surface area contributed by atoms with Gasteiger partial charge in [0.05, 0.1) is 27.7 Å². The maximum absolute atomic E-state index is 5.40. The molecule has 3 heteroatoms. The van der Waals surface area contributed by atoms with Crippen molar-refractivity contribution in [3.05, 3.63) is 192 Å². The number of benzene rings is 7. The average Bonchev–Trinajstić information content (AvgIpc) is 3.72. The standard InChI is InChI=1S/C47H33N3/c1-2-50-42-27-14-13-26-41(42)49-46(50)32-17-15-16-31(30-32)45-37-28-29-39-44(43(37)36-23-10-12-25-40(36)48-45)35-22-9-11-24-38(35)47(39,33-18-5-3-6-19-33)34-20-7-4-8-21-34/h3-30H,2H2,1H3. The Morgan fingerprint density at radius 1 is 0.520 bits per heavy atom. The van der Waals surface area contributed by atoms with Crippen LogP contribution >= 0.6 is 0 Å². The Labute approximate surface area is 291 Å². The molecule has 1 aliphatic rings. The molecule has 10 rings (SSSR count). The molecule has 50 heavy (non-hydrogen) atoms. The lowest BCUT2D eigenvalue weighted by atomic mass is 9.67. The highest BCUT2D eigenvalue weighted by Crippen LogP contribution is 2.58. The van der Waals surface area contributed by atoms with Crippen molar-refractivity contribution in [3.8, 4) is 33.8 Å². The second kappa shape index (κ2) is 11.1. The second-order valence-electron chi connectivity index (χ2n) is 13.2. The van der Waals surface area contributed by atoms with Crippen LogP contribution in [0.4, 0.5) is 0 Å². The van der Waals surface area contributed by atoms with Gasteiger partial charge in [-0.3, -0.25) is 0 Å². The molecule has 0 saturated carbocycles. The fourth-order valence-corrected chi connectivity index (χ4v) is 8.62. The molecule has 0 spiro atoms. The van der Waals surface area contributed by atoms with E-state index in [1.165, 1.54) is 44.2 Å². The summed E-state index contributed by atoms with van der Waals surface area (Å²) >= 11 is 0. The highest BCUT2D eigenvalue weighted by molar-refractivity contribution is 6.19. The molecule has 7 aromatic carbocycles. The molecule has 9 aromatic rings. The Bertz CT molecular complexity index is 2700. The van der Waals surface area contributed by atoms with Crippen molar-refractivity contribution in [2.45, 2.75) is 18.9 Å². The van der Waals surface area contributed by atoms with Crippen LogP contribution in [0, 0.1) is 0 Å². The van der Waals surface area contributed by atoms with E-state index in [-0.39, 0.29) is 0 Å². The Morgan fingerprint density at radius 2 is 1.18 bits per heavy atom. The minimum Gasteiger partial charge on any atom is -0.324 e. The largest absolute Gasteiger partial charge is 0.324 e. The molecule has 0 radical (unpaired) electrons. The van der Waals surface area contributed by atoms with E-state index in [1.807, 2.05) is 0 Å². The number of fused-ring (bicyclic) bond motifs is 8. The molecule has 0 saturated heterocycles. The van der Waals surface area contributed by atoms with Crippen LogP contribution in [0.1, 0.15) is 29.2 Å². The van der Waals surface area contributed by atoms with Gasteiger partial charge in [-0.2, -0.15) is 0 Å². The lowest BCUT2D eigenvalue weighted by Crippen LogP contribution is -2.28. The van der Waals surface area contributed by atoms with Crippen LogP contribution in [0.5, 0.6) is 0 Å². The summed E-state index contributed by atoms with van der Waals surface area (Å²) in [6.07, 6.45) is 0. The summed E-state index contributed by atoms with van der Waals surface area (Å²) < 4.78 is 2.30. The average molecular weight is 640 g/mol. The monoisotopic (exact) mass is 639 g/mol. The van der Waals surface area contributed by atoms with Crippen LogP contribution in [0.3, 0.4) is 0 Å². The number of pyridine rings is 1. The Kier molecular flexibility index (Phi) is 6.37. The van der Waals surface area contributed by atoms with Gasteiger partial charge in [0.1, 0.15) is 5.82 Å². The first-order valence-electron chi connectivity index (χ1n) is 17.4. The Balaban J connectivity index is 1.30. The van der Waals surface area contributed by atoms with E-state index in [2.05, 4.69) is 181 Å². The van der Waals surface area contributed by atoms with Gasteiger partial charge in [0.15, 0.2) is 0 Å². The van der Waals surface area contributed by atoms with Crippen molar-refractivity contribution in [2.24, 2.45) is 0 Å². The number of hydrogen-bond acceptors (Lipinski definition) is 2. The molecule has 236 valence electrons. The van der Waals surface area contributed by atoms with Crippen LogP contribution in [-0.2, 0) is 12.0 Å². The van der Waals surface area contributed by atoms with Crippen molar-refractivity contribution in [2.75, 3.05) is 0 Å². The van der Waals surface area contributed by atoms with Gasteiger partial charge in [0.25, 0.3) is 0 Å². The molecule has 3 nitrogen and oxygen atoms in total.